The Balaban J connectivity index is 5.37. The molecule has 5 atom stereocenters. The maximum atomic E-state index is 13.1. The first kappa shape index (κ1) is 96.0. The second-order valence-electron chi connectivity index (χ2n) is 26.3. The number of phosphoric ester groups is 2. The van der Waals surface area contributed by atoms with Crippen molar-refractivity contribution < 1.29 is 80.2 Å². The van der Waals surface area contributed by atoms with E-state index in [4.69, 9.17) is 37.0 Å². The molecule has 0 bridgehead atoms. The van der Waals surface area contributed by atoms with Crippen LogP contribution in [0.4, 0.5) is 0 Å². The van der Waals surface area contributed by atoms with Crippen molar-refractivity contribution in [3.63, 3.8) is 0 Å². The van der Waals surface area contributed by atoms with Gasteiger partial charge in [0.2, 0.25) is 0 Å². The molecular weight excluding hydrogens is 1310 g/mol. The van der Waals surface area contributed by atoms with Gasteiger partial charge >= 0.3 is 39.5 Å². The van der Waals surface area contributed by atoms with Crippen molar-refractivity contribution in [2.24, 2.45) is 0 Å². The first-order valence-corrected chi connectivity index (χ1v) is 42.5. The SMILES string of the molecule is CC/C=C\C/C=C\C/C=C\C/C=C\C/C=C\CCCCCC(=O)OC[C@H](COP(=O)(O)OC[C@@H](O)COP(=O)(O)OC[C@@H](COC(=O)CCCCCCC/C=C\CCCCCC)OC(=O)CCCCCCC/C=C\CCCCCCCC)OC(=O)CCCCCCC/C=C\CCCCCC. The smallest absolute Gasteiger partial charge is 0.462 e. The summed E-state index contributed by atoms with van der Waals surface area (Å²) in [5.74, 6) is -2.22. The molecule has 0 fully saturated rings. The van der Waals surface area contributed by atoms with E-state index in [1.165, 1.54) is 89.9 Å². The summed E-state index contributed by atoms with van der Waals surface area (Å²) in [5, 5.41) is 10.6. The lowest BCUT2D eigenvalue weighted by Crippen LogP contribution is -2.30. The summed E-state index contributed by atoms with van der Waals surface area (Å²) < 4.78 is 68.5. The van der Waals surface area contributed by atoms with Crippen molar-refractivity contribution in [2.75, 3.05) is 39.6 Å². The molecule has 0 radical (unpaired) electrons. The fourth-order valence-electron chi connectivity index (χ4n) is 10.5. The molecular formula is C81H142O17P2. The van der Waals surface area contributed by atoms with Gasteiger partial charge in [0, 0.05) is 25.7 Å². The van der Waals surface area contributed by atoms with Crippen LogP contribution in [0.3, 0.4) is 0 Å². The Bertz CT molecular complexity index is 2270. The van der Waals surface area contributed by atoms with Gasteiger partial charge in [0.05, 0.1) is 26.4 Å². The molecule has 17 nitrogen and oxygen atoms in total. The zero-order chi connectivity index (χ0) is 73.2. The van der Waals surface area contributed by atoms with Crippen molar-refractivity contribution in [2.45, 2.75) is 354 Å². The number of esters is 4. The predicted molar refractivity (Wildman–Crippen MR) is 409 cm³/mol. The number of ether oxygens (including phenoxy) is 4. The number of rotatable bonds is 74. The zero-order valence-electron chi connectivity index (χ0n) is 63.1. The van der Waals surface area contributed by atoms with Crippen molar-refractivity contribution in [1.29, 1.82) is 0 Å². The van der Waals surface area contributed by atoms with Crippen LogP contribution in [0.5, 0.6) is 0 Å². The van der Waals surface area contributed by atoms with Gasteiger partial charge in [0.15, 0.2) is 12.2 Å². The van der Waals surface area contributed by atoms with Gasteiger partial charge in [-0.15, -0.1) is 0 Å². The van der Waals surface area contributed by atoms with E-state index in [2.05, 4.69) is 125 Å². The highest BCUT2D eigenvalue weighted by Gasteiger charge is 2.30. The molecule has 3 N–H and O–H groups in total. The normalized spacial score (nSPS) is 14.4. The topological polar surface area (TPSA) is 237 Å². The number of allylic oxidation sites excluding steroid dienone is 16. The lowest BCUT2D eigenvalue weighted by atomic mass is 10.1. The van der Waals surface area contributed by atoms with Crippen LogP contribution in [0.1, 0.15) is 336 Å². The Kier molecular flexibility index (Phi) is 70.4. The van der Waals surface area contributed by atoms with Gasteiger partial charge in [0.25, 0.3) is 0 Å². The summed E-state index contributed by atoms with van der Waals surface area (Å²) >= 11 is 0. The number of hydrogen-bond acceptors (Lipinski definition) is 15. The molecule has 0 aliphatic carbocycles. The number of unbranched alkanes of at least 4 members (excludes halogenated alkanes) is 32. The molecule has 0 aliphatic heterocycles. The monoisotopic (exact) mass is 1450 g/mol. The summed E-state index contributed by atoms with van der Waals surface area (Å²) in [6, 6.07) is 0. The van der Waals surface area contributed by atoms with E-state index in [9.17, 15) is 43.2 Å². The van der Waals surface area contributed by atoms with Crippen molar-refractivity contribution in [3.05, 3.63) is 97.2 Å². The van der Waals surface area contributed by atoms with Gasteiger partial charge in [-0.2, -0.15) is 0 Å². The molecule has 0 aliphatic rings. The quantitative estimate of drug-likeness (QED) is 0.0169. The Hall–Kier alpha value is -4.02. The van der Waals surface area contributed by atoms with E-state index in [1.807, 2.05) is 0 Å². The lowest BCUT2D eigenvalue weighted by molar-refractivity contribution is -0.161. The molecule has 0 heterocycles. The first-order valence-electron chi connectivity index (χ1n) is 39.5. The van der Waals surface area contributed by atoms with E-state index in [0.717, 1.165) is 167 Å². The molecule has 2 unspecified atom stereocenters. The molecule has 578 valence electrons. The maximum absolute atomic E-state index is 13.1. The second-order valence-corrected chi connectivity index (χ2v) is 29.2. The van der Waals surface area contributed by atoms with Gasteiger partial charge in [-0.1, -0.05) is 260 Å². The zero-order valence-corrected chi connectivity index (χ0v) is 64.9. The molecule has 0 aromatic heterocycles. The van der Waals surface area contributed by atoms with Crippen LogP contribution in [-0.2, 0) is 65.4 Å². The number of phosphoric acid groups is 2. The highest BCUT2D eigenvalue weighted by Crippen LogP contribution is 2.45. The average Bonchev–Trinajstić information content (AvgIpc) is 0.924. The van der Waals surface area contributed by atoms with E-state index in [-0.39, 0.29) is 25.7 Å². The highest BCUT2D eigenvalue weighted by atomic mass is 31.2. The molecule has 100 heavy (non-hydrogen) atoms. The van der Waals surface area contributed by atoms with Gasteiger partial charge in [-0.3, -0.25) is 37.3 Å². The third kappa shape index (κ3) is 72.3. The minimum absolute atomic E-state index is 0.0769. The molecule has 0 saturated heterocycles. The molecule has 0 spiro atoms. The Morgan fingerprint density at radius 2 is 0.520 bits per heavy atom. The van der Waals surface area contributed by atoms with Crippen LogP contribution in [0, 0.1) is 0 Å². The van der Waals surface area contributed by atoms with Gasteiger partial charge < -0.3 is 33.8 Å². The summed E-state index contributed by atoms with van der Waals surface area (Å²) in [6.07, 6.45) is 76.7. The second kappa shape index (κ2) is 73.3. The standard InChI is InChI=1S/C81H142O17P2/c1-5-9-13-17-21-25-29-33-35-36-37-38-40-43-46-50-54-58-62-66-79(84)92-72-76(97-80(85)67-63-59-55-51-47-42-32-28-24-20-16-12-8-4)73-95-99(87,88)93-69-75(82)70-94-100(89,90)96-74-77(71-91-78(83)65-61-57-53-49-45-41-31-27-23-19-15-11-7-3)98-81(86)68-64-60-56-52-48-44-39-34-30-26-22-18-14-10-6-2/h9,13,21,25,27-28,31-35,37-39,43,46,75-77,82H,5-8,10-12,14-20,22-24,26,29-30,36,40-42,44-45,47-74H2,1-4H3,(H,87,88)(H,89,90)/b13-9-,25-21-,31-27-,32-28-,35-33-,38-37-,39-34-,46-43-/t75-,76-,77-/m1/s1. The van der Waals surface area contributed by atoms with Gasteiger partial charge in [-0.25, -0.2) is 9.13 Å². The van der Waals surface area contributed by atoms with Crippen molar-refractivity contribution in [1.82, 2.24) is 0 Å². The molecule has 0 rings (SSSR count). The van der Waals surface area contributed by atoms with Crippen LogP contribution in [0.2, 0.25) is 0 Å². The summed E-state index contributed by atoms with van der Waals surface area (Å²) in [5.41, 5.74) is 0. The van der Waals surface area contributed by atoms with Crippen LogP contribution in [-0.4, -0.2) is 96.7 Å². The molecule has 0 aromatic carbocycles. The minimum Gasteiger partial charge on any atom is -0.462 e. The number of hydrogen-bond donors (Lipinski definition) is 3. The van der Waals surface area contributed by atoms with Gasteiger partial charge in [0.1, 0.15) is 19.3 Å². The summed E-state index contributed by atoms with van der Waals surface area (Å²) in [7, 11) is -9.96. The lowest BCUT2D eigenvalue weighted by Gasteiger charge is -2.21. The molecule has 0 amide bonds. The Morgan fingerprint density at radius 3 is 0.830 bits per heavy atom. The first-order chi connectivity index (χ1) is 48.7. The van der Waals surface area contributed by atoms with E-state index >= 15 is 0 Å². The highest BCUT2D eigenvalue weighted by molar-refractivity contribution is 7.47. The Labute approximate surface area is 607 Å². The third-order valence-electron chi connectivity index (χ3n) is 16.5. The third-order valence-corrected chi connectivity index (χ3v) is 18.4. The van der Waals surface area contributed by atoms with Gasteiger partial charge in [-0.05, 0) is 148 Å². The molecule has 19 heteroatoms. The van der Waals surface area contributed by atoms with E-state index in [0.29, 0.717) is 25.7 Å². The molecule has 0 aromatic rings. The van der Waals surface area contributed by atoms with E-state index in [1.54, 1.807) is 0 Å². The number of aliphatic hydroxyl groups excluding tert-OH is 1. The van der Waals surface area contributed by atoms with Crippen LogP contribution in [0.15, 0.2) is 97.2 Å². The number of carbonyl (C=O) groups is 4. The van der Waals surface area contributed by atoms with Crippen LogP contribution in [0.25, 0.3) is 0 Å². The Morgan fingerprint density at radius 1 is 0.290 bits per heavy atom. The fraction of sp³-hybridized carbons (Fsp3) is 0.753. The van der Waals surface area contributed by atoms with Crippen molar-refractivity contribution in [3.8, 4) is 0 Å². The number of carbonyl (C=O) groups excluding carboxylic acids is 4. The average molecular weight is 1450 g/mol. The summed E-state index contributed by atoms with van der Waals surface area (Å²) in [4.78, 5) is 72.9. The van der Waals surface area contributed by atoms with Crippen LogP contribution >= 0.6 is 15.6 Å². The van der Waals surface area contributed by atoms with Crippen LogP contribution < -0.4 is 0 Å². The number of aliphatic hydroxyl groups is 1. The fourth-order valence-corrected chi connectivity index (χ4v) is 12.0. The predicted octanol–water partition coefficient (Wildman–Crippen LogP) is 22.8. The largest absolute Gasteiger partial charge is 0.472 e. The molecule has 0 saturated carbocycles. The maximum Gasteiger partial charge on any atom is 0.472 e. The minimum atomic E-state index is -4.98. The van der Waals surface area contributed by atoms with Crippen molar-refractivity contribution >= 4 is 39.5 Å². The van der Waals surface area contributed by atoms with E-state index < -0.39 is 97.5 Å². The summed E-state index contributed by atoms with van der Waals surface area (Å²) in [6.45, 7) is 4.69.